The van der Waals surface area contributed by atoms with Crippen LogP contribution in [0, 0.1) is 10.1 Å². The Kier molecular flexibility index (Phi) is 3.91. The average molecular weight is 349 g/mol. The quantitative estimate of drug-likeness (QED) is 0.529. The van der Waals surface area contributed by atoms with Gasteiger partial charge < -0.3 is 4.42 Å². The van der Waals surface area contributed by atoms with Crippen molar-refractivity contribution in [2.75, 3.05) is 0 Å². The molecule has 0 spiro atoms. The lowest BCUT2D eigenvalue weighted by Gasteiger charge is -2.06. The Morgan fingerprint density at radius 2 is 2.00 bits per heavy atom. The SMILES string of the molecule is O=c1[nH]c2ccc(CNS(=O)(=O)c3cccc([N+](=O)[O-])c3)cc2o1. The molecule has 0 radical (unpaired) electrons. The number of nitrogens with zero attached hydrogens (tertiary/aromatic N) is 1. The second-order valence-corrected chi connectivity index (χ2v) is 6.69. The van der Waals surface area contributed by atoms with Crippen LogP contribution in [-0.2, 0) is 16.6 Å². The molecule has 9 nitrogen and oxygen atoms in total. The van der Waals surface area contributed by atoms with Crippen molar-refractivity contribution in [1.82, 2.24) is 9.71 Å². The minimum Gasteiger partial charge on any atom is -0.408 e. The van der Waals surface area contributed by atoms with Crippen LogP contribution in [0.25, 0.3) is 11.1 Å². The first-order valence-electron chi connectivity index (χ1n) is 6.71. The fourth-order valence-corrected chi connectivity index (χ4v) is 3.18. The first kappa shape index (κ1) is 15.9. The second kappa shape index (κ2) is 5.91. The number of hydrogen-bond donors (Lipinski definition) is 2. The van der Waals surface area contributed by atoms with Crippen molar-refractivity contribution >= 4 is 26.8 Å². The maximum atomic E-state index is 12.2. The number of nitro benzene ring substituents is 1. The van der Waals surface area contributed by atoms with Crippen LogP contribution in [-0.4, -0.2) is 18.3 Å². The van der Waals surface area contributed by atoms with E-state index in [9.17, 15) is 23.3 Å². The topological polar surface area (TPSA) is 135 Å². The van der Waals surface area contributed by atoms with Crippen molar-refractivity contribution in [3.8, 4) is 0 Å². The van der Waals surface area contributed by atoms with Crippen molar-refractivity contribution in [1.29, 1.82) is 0 Å². The third kappa shape index (κ3) is 3.19. The molecule has 10 heteroatoms. The number of hydrogen-bond acceptors (Lipinski definition) is 6. The van der Waals surface area contributed by atoms with Crippen LogP contribution >= 0.6 is 0 Å². The van der Waals surface area contributed by atoms with Crippen molar-refractivity contribution in [2.24, 2.45) is 0 Å². The predicted molar refractivity (Wildman–Crippen MR) is 84.0 cm³/mol. The van der Waals surface area contributed by atoms with Crippen molar-refractivity contribution in [2.45, 2.75) is 11.4 Å². The maximum absolute atomic E-state index is 12.2. The molecule has 24 heavy (non-hydrogen) atoms. The Morgan fingerprint density at radius 3 is 2.75 bits per heavy atom. The molecule has 1 heterocycles. The van der Waals surface area contributed by atoms with Crippen molar-refractivity contribution in [3.63, 3.8) is 0 Å². The molecular formula is C14H11N3O6S. The van der Waals surface area contributed by atoms with Gasteiger partial charge in [-0.25, -0.2) is 17.9 Å². The summed E-state index contributed by atoms with van der Waals surface area (Å²) in [6, 6.07) is 9.51. The van der Waals surface area contributed by atoms with Crippen LogP contribution in [0.15, 0.2) is 56.6 Å². The van der Waals surface area contributed by atoms with Crippen LogP contribution in [0.2, 0.25) is 0 Å². The highest BCUT2D eigenvalue weighted by molar-refractivity contribution is 7.89. The third-order valence-corrected chi connectivity index (χ3v) is 4.69. The fraction of sp³-hybridized carbons (Fsp3) is 0.0714. The van der Waals surface area contributed by atoms with Crippen LogP contribution in [0.4, 0.5) is 5.69 Å². The van der Waals surface area contributed by atoms with Crippen LogP contribution < -0.4 is 10.5 Å². The molecule has 2 aromatic carbocycles. The van der Waals surface area contributed by atoms with E-state index in [1.807, 2.05) is 0 Å². The van der Waals surface area contributed by atoms with Gasteiger partial charge in [-0.1, -0.05) is 12.1 Å². The van der Waals surface area contributed by atoms with Gasteiger partial charge >= 0.3 is 5.76 Å². The van der Waals surface area contributed by atoms with Gasteiger partial charge in [-0.15, -0.1) is 0 Å². The van der Waals surface area contributed by atoms with Gasteiger partial charge in [-0.2, -0.15) is 0 Å². The van der Waals surface area contributed by atoms with E-state index in [2.05, 4.69) is 9.71 Å². The van der Waals surface area contributed by atoms with Crippen molar-refractivity contribution in [3.05, 3.63) is 68.7 Å². The first-order valence-corrected chi connectivity index (χ1v) is 8.19. The van der Waals surface area contributed by atoms with Crippen LogP contribution in [0.5, 0.6) is 0 Å². The molecule has 0 saturated carbocycles. The Bertz CT molecular complexity index is 1080. The Morgan fingerprint density at radius 1 is 1.21 bits per heavy atom. The number of oxazole rings is 1. The number of non-ortho nitro benzene ring substituents is 1. The lowest BCUT2D eigenvalue weighted by Crippen LogP contribution is -2.23. The Hall–Kier alpha value is -2.98. The summed E-state index contributed by atoms with van der Waals surface area (Å²) in [5, 5.41) is 10.7. The number of benzene rings is 2. The molecule has 0 unspecified atom stereocenters. The zero-order valence-corrected chi connectivity index (χ0v) is 12.9. The van der Waals surface area contributed by atoms with Gasteiger partial charge in [0.2, 0.25) is 10.0 Å². The molecule has 3 aromatic rings. The molecule has 0 aliphatic rings. The summed E-state index contributed by atoms with van der Waals surface area (Å²) in [4.78, 5) is 23.4. The van der Waals surface area contributed by atoms with Gasteiger partial charge in [0.1, 0.15) is 0 Å². The van der Waals surface area contributed by atoms with Gasteiger partial charge in [-0.3, -0.25) is 15.1 Å². The number of H-pyrrole nitrogens is 1. The minimum absolute atomic E-state index is 0.0597. The molecular weight excluding hydrogens is 338 g/mol. The Labute approximate surface area is 135 Å². The highest BCUT2D eigenvalue weighted by Crippen LogP contribution is 2.18. The standard InChI is InChI=1S/C14H11N3O6S/c18-14-16-12-5-4-9(6-13(12)23-14)8-15-24(21,22)11-3-1-2-10(7-11)17(19)20/h1-7,15H,8H2,(H,16,18). The van der Waals surface area contributed by atoms with E-state index < -0.39 is 20.7 Å². The zero-order chi connectivity index (χ0) is 17.3. The normalized spacial score (nSPS) is 11.7. The summed E-state index contributed by atoms with van der Waals surface area (Å²) >= 11 is 0. The number of aromatic amines is 1. The second-order valence-electron chi connectivity index (χ2n) is 4.92. The molecule has 0 atom stereocenters. The molecule has 124 valence electrons. The number of rotatable bonds is 5. The van der Waals surface area contributed by atoms with E-state index >= 15 is 0 Å². The maximum Gasteiger partial charge on any atom is 0.417 e. The highest BCUT2D eigenvalue weighted by Gasteiger charge is 2.17. The van der Waals surface area contributed by atoms with Gasteiger partial charge in [0.05, 0.1) is 15.3 Å². The van der Waals surface area contributed by atoms with Gasteiger partial charge in [0.15, 0.2) is 5.58 Å². The zero-order valence-electron chi connectivity index (χ0n) is 12.1. The van der Waals surface area contributed by atoms with Gasteiger partial charge in [0, 0.05) is 18.7 Å². The number of fused-ring (bicyclic) bond motifs is 1. The molecule has 0 saturated heterocycles. The fourth-order valence-electron chi connectivity index (χ4n) is 2.13. The summed E-state index contributed by atoms with van der Waals surface area (Å²) in [5.41, 5.74) is 1.07. The average Bonchev–Trinajstić information content (AvgIpc) is 2.92. The Balaban J connectivity index is 1.82. The lowest BCUT2D eigenvalue weighted by atomic mass is 10.2. The van der Waals surface area contributed by atoms with Gasteiger partial charge in [0.25, 0.3) is 5.69 Å². The molecule has 0 amide bonds. The molecule has 3 rings (SSSR count). The number of sulfonamides is 1. The molecule has 0 aliphatic carbocycles. The van der Waals surface area contributed by atoms with Crippen LogP contribution in [0.3, 0.4) is 0 Å². The van der Waals surface area contributed by atoms with Crippen molar-refractivity contribution < 1.29 is 17.8 Å². The summed E-state index contributed by atoms with van der Waals surface area (Å²) in [6.07, 6.45) is 0. The smallest absolute Gasteiger partial charge is 0.408 e. The summed E-state index contributed by atoms with van der Waals surface area (Å²) in [5.74, 6) is -0.598. The van der Waals surface area contributed by atoms with E-state index in [1.165, 1.54) is 24.3 Å². The largest absolute Gasteiger partial charge is 0.417 e. The molecule has 1 aromatic heterocycles. The van der Waals surface area contributed by atoms with E-state index in [4.69, 9.17) is 4.42 Å². The number of aromatic nitrogens is 1. The monoisotopic (exact) mass is 349 g/mol. The molecule has 2 N–H and O–H groups in total. The number of nitro groups is 1. The van der Waals surface area contributed by atoms with Gasteiger partial charge in [-0.05, 0) is 23.8 Å². The summed E-state index contributed by atoms with van der Waals surface area (Å²) in [7, 11) is -3.92. The minimum atomic E-state index is -3.92. The van der Waals surface area contributed by atoms with E-state index in [-0.39, 0.29) is 17.1 Å². The van der Waals surface area contributed by atoms with Crippen LogP contribution in [0.1, 0.15) is 5.56 Å². The number of nitrogens with one attached hydrogen (secondary N) is 2. The van der Waals surface area contributed by atoms with E-state index in [1.54, 1.807) is 12.1 Å². The first-order chi connectivity index (χ1) is 11.3. The molecule has 0 aliphatic heterocycles. The van der Waals surface area contributed by atoms with E-state index in [0.29, 0.717) is 16.7 Å². The molecule has 0 fully saturated rings. The third-order valence-electron chi connectivity index (χ3n) is 3.29. The lowest BCUT2D eigenvalue weighted by molar-refractivity contribution is -0.385. The molecule has 0 bridgehead atoms. The summed E-state index contributed by atoms with van der Waals surface area (Å²) in [6.45, 7) is -0.0597. The van der Waals surface area contributed by atoms with E-state index in [0.717, 1.165) is 6.07 Å². The highest BCUT2D eigenvalue weighted by atomic mass is 32.2. The predicted octanol–water partition coefficient (Wildman–Crippen LogP) is 1.51. The summed E-state index contributed by atoms with van der Waals surface area (Å²) < 4.78 is 31.7.